The molecular formula is C21H21N5O4S. The molecule has 0 radical (unpaired) electrons. The second kappa shape index (κ2) is 8.60. The van der Waals surface area contributed by atoms with Crippen molar-refractivity contribution >= 4 is 27.3 Å². The molecule has 0 unspecified atom stereocenters. The van der Waals surface area contributed by atoms with Crippen LogP contribution in [0.25, 0.3) is 16.3 Å². The summed E-state index contributed by atoms with van der Waals surface area (Å²) >= 11 is 1.22. The first kappa shape index (κ1) is 20.6. The van der Waals surface area contributed by atoms with E-state index in [2.05, 4.69) is 20.6 Å². The number of methoxy groups -OCH3 is 2. The van der Waals surface area contributed by atoms with E-state index >= 15 is 0 Å². The lowest BCUT2D eigenvalue weighted by molar-refractivity contribution is -0.118. The van der Waals surface area contributed by atoms with Crippen molar-refractivity contribution in [2.75, 3.05) is 26.1 Å². The van der Waals surface area contributed by atoms with E-state index in [9.17, 15) is 4.79 Å². The van der Waals surface area contributed by atoms with E-state index < -0.39 is 0 Å². The van der Waals surface area contributed by atoms with E-state index in [4.69, 9.17) is 14.2 Å². The van der Waals surface area contributed by atoms with Crippen molar-refractivity contribution in [3.05, 3.63) is 47.5 Å². The Bertz CT molecular complexity index is 1250. The molecule has 0 atom stereocenters. The summed E-state index contributed by atoms with van der Waals surface area (Å²) in [6.07, 6.45) is 0. The van der Waals surface area contributed by atoms with E-state index in [1.165, 1.54) is 16.9 Å². The third kappa shape index (κ3) is 4.29. The molecule has 0 fully saturated rings. The molecule has 1 N–H and O–H groups in total. The molecule has 2 aromatic heterocycles. The number of hydrogen-bond acceptors (Lipinski definition) is 8. The van der Waals surface area contributed by atoms with E-state index in [-0.39, 0.29) is 12.5 Å². The van der Waals surface area contributed by atoms with Crippen LogP contribution in [0.3, 0.4) is 0 Å². The molecule has 1 amide bonds. The first-order valence-corrected chi connectivity index (χ1v) is 10.2. The van der Waals surface area contributed by atoms with Gasteiger partial charge in [0.15, 0.2) is 23.9 Å². The Kier molecular flexibility index (Phi) is 5.72. The molecule has 0 saturated heterocycles. The van der Waals surface area contributed by atoms with Crippen LogP contribution < -0.4 is 19.5 Å². The normalized spacial score (nSPS) is 10.8. The van der Waals surface area contributed by atoms with Crippen molar-refractivity contribution in [2.24, 2.45) is 0 Å². The van der Waals surface area contributed by atoms with Gasteiger partial charge in [0.2, 0.25) is 10.1 Å². The van der Waals surface area contributed by atoms with Gasteiger partial charge in [0, 0.05) is 5.56 Å². The molecule has 0 aliphatic carbocycles. The van der Waals surface area contributed by atoms with E-state index in [1.807, 2.05) is 38.1 Å². The Morgan fingerprint density at radius 2 is 1.84 bits per heavy atom. The number of nitrogens with zero attached hydrogens (tertiary/aromatic N) is 4. The zero-order valence-corrected chi connectivity index (χ0v) is 18.3. The number of carbonyl (C=O) groups is 1. The van der Waals surface area contributed by atoms with Gasteiger partial charge in [-0.1, -0.05) is 17.4 Å². The fourth-order valence-electron chi connectivity index (χ4n) is 2.93. The minimum absolute atomic E-state index is 0.120. The molecule has 31 heavy (non-hydrogen) atoms. The standard InChI is InChI=1S/C21H21N5O4S/c1-12-5-7-15(9-13(12)2)30-11-18(27)22-20-25-26-19(23-24-21(26)31-20)14-6-8-16(28-3)17(10-14)29-4/h5-10H,11H2,1-4H3,(H,22,25,27). The van der Waals surface area contributed by atoms with Crippen LogP contribution in [-0.4, -0.2) is 46.5 Å². The third-order valence-electron chi connectivity index (χ3n) is 4.73. The highest BCUT2D eigenvalue weighted by Gasteiger charge is 2.17. The first-order chi connectivity index (χ1) is 15.0. The molecule has 0 spiro atoms. The number of aryl methyl sites for hydroxylation is 2. The van der Waals surface area contributed by atoms with Crippen molar-refractivity contribution < 1.29 is 19.0 Å². The van der Waals surface area contributed by atoms with Gasteiger partial charge in [-0.05, 0) is 55.3 Å². The summed E-state index contributed by atoms with van der Waals surface area (Å²) in [6.45, 7) is 3.90. The third-order valence-corrected chi connectivity index (χ3v) is 5.54. The lowest BCUT2D eigenvalue weighted by atomic mass is 10.1. The van der Waals surface area contributed by atoms with E-state index in [0.29, 0.717) is 33.2 Å². The highest BCUT2D eigenvalue weighted by molar-refractivity contribution is 7.20. The number of aromatic nitrogens is 4. The Morgan fingerprint density at radius 3 is 2.58 bits per heavy atom. The molecule has 2 heterocycles. The highest BCUT2D eigenvalue weighted by Crippen LogP contribution is 2.32. The molecule has 0 aliphatic heterocycles. The maximum atomic E-state index is 12.3. The van der Waals surface area contributed by atoms with Crippen molar-refractivity contribution in [1.82, 2.24) is 19.8 Å². The van der Waals surface area contributed by atoms with Crippen molar-refractivity contribution in [3.8, 4) is 28.6 Å². The molecule has 0 aliphatic rings. The number of carbonyl (C=O) groups excluding carboxylic acids is 1. The van der Waals surface area contributed by atoms with Gasteiger partial charge in [0.1, 0.15) is 5.75 Å². The van der Waals surface area contributed by atoms with Gasteiger partial charge in [0.25, 0.3) is 5.91 Å². The molecule has 2 aromatic carbocycles. The van der Waals surface area contributed by atoms with Crippen molar-refractivity contribution in [3.63, 3.8) is 0 Å². The number of fused-ring (bicyclic) bond motifs is 1. The number of nitrogens with one attached hydrogen (secondary N) is 1. The smallest absolute Gasteiger partial charge is 0.264 e. The van der Waals surface area contributed by atoms with Gasteiger partial charge in [-0.25, -0.2) is 0 Å². The Hall–Kier alpha value is -3.66. The molecule has 160 valence electrons. The van der Waals surface area contributed by atoms with E-state index in [0.717, 1.165) is 11.1 Å². The summed E-state index contributed by atoms with van der Waals surface area (Å²) in [5, 5.41) is 15.9. The molecule has 4 rings (SSSR count). The molecule has 4 aromatic rings. The number of ether oxygens (including phenoxy) is 3. The number of benzene rings is 2. The van der Waals surface area contributed by atoms with Gasteiger partial charge >= 0.3 is 0 Å². The quantitative estimate of drug-likeness (QED) is 0.470. The summed E-state index contributed by atoms with van der Waals surface area (Å²) in [7, 11) is 3.14. The molecule has 0 bridgehead atoms. The average Bonchev–Trinajstić information content (AvgIpc) is 3.34. The van der Waals surface area contributed by atoms with Gasteiger partial charge in [0.05, 0.1) is 14.2 Å². The van der Waals surface area contributed by atoms with Crippen LogP contribution in [0.5, 0.6) is 17.2 Å². The van der Waals surface area contributed by atoms with Gasteiger partial charge in [-0.3, -0.25) is 10.1 Å². The van der Waals surface area contributed by atoms with Gasteiger partial charge < -0.3 is 14.2 Å². The molecular weight excluding hydrogens is 418 g/mol. The predicted octanol–water partition coefficient (Wildman–Crippen LogP) is 3.50. The van der Waals surface area contributed by atoms with Crippen LogP contribution in [0.2, 0.25) is 0 Å². The van der Waals surface area contributed by atoms with Crippen molar-refractivity contribution in [1.29, 1.82) is 0 Å². The van der Waals surface area contributed by atoms with Crippen LogP contribution in [0.15, 0.2) is 36.4 Å². The summed E-state index contributed by atoms with van der Waals surface area (Å²) in [4.78, 5) is 12.9. The monoisotopic (exact) mass is 439 g/mol. The van der Waals surface area contributed by atoms with Gasteiger partial charge in [-0.2, -0.15) is 4.52 Å². The lowest BCUT2D eigenvalue weighted by Crippen LogP contribution is -2.20. The minimum Gasteiger partial charge on any atom is -0.493 e. The lowest BCUT2D eigenvalue weighted by Gasteiger charge is -2.08. The number of amides is 1. The summed E-state index contributed by atoms with van der Waals surface area (Å²) in [6, 6.07) is 11.1. The summed E-state index contributed by atoms with van der Waals surface area (Å²) < 4.78 is 17.8. The van der Waals surface area contributed by atoms with Crippen LogP contribution in [0.4, 0.5) is 5.13 Å². The topological polar surface area (TPSA) is 99.9 Å². The number of rotatable bonds is 7. The summed E-state index contributed by atoms with van der Waals surface area (Å²) in [5.41, 5.74) is 3.03. The largest absolute Gasteiger partial charge is 0.493 e. The number of anilines is 1. The Morgan fingerprint density at radius 1 is 1.03 bits per heavy atom. The first-order valence-electron chi connectivity index (χ1n) is 9.43. The van der Waals surface area contributed by atoms with Gasteiger partial charge in [-0.15, -0.1) is 15.3 Å². The minimum atomic E-state index is -0.309. The van der Waals surface area contributed by atoms with Crippen LogP contribution >= 0.6 is 11.3 Å². The highest BCUT2D eigenvalue weighted by atomic mass is 32.1. The fourth-order valence-corrected chi connectivity index (χ4v) is 3.69. The zero-order chi connectivity index (χ0) is 22.0. The average molecular weight is 439 g/mol. The second-order valence-corrected chi connectivity index (χ2v) is 7.73. The predicted molar refractivity (Wildman–Crippen MR) is 117 cm³/mol. The molecule has 10 heteroatoms. The van der Waals surface area contributed by atoms with Crippen LogP contribution in [0, 0.1) is 13.8 Å². The van der Waals surface area contributed by atoms with Crippen LogP contribution in [-0.2, 0) is 4.79 Å². The Labute approximate surface area is 182 Å². The van der Waals surface area contributed by atoms with Crippen molar-refractivity contribution in [2.45, 2.75) is 13.8 Å². The molecule has 9 nitrogen and oxygen atoms in total. The fraction of sp³-hybridized carbons (Fsp3) is 0.238. The maximum absolute atomic E-state index is 12.3. The summed E-state index contributed by atoms with van der Waals surface area (Å²) in [5.74, 6) is 2.05. The zero-order valence-electron chi connectivity index (χ0n) is 17.5. The SMILES string of the molecule is COc1ccc(-c2nnc3sc(NC(=O)COc4ccc(C)c(C)c4)nn23)cc1OC. The number of hydrogen-bond donors (Lipinski definition) is 1. The van der Waals surface area contributed by atoms with Crippen LogP contribution in [0.1, 0.15) is 11.1 Å². The second-order valence-electron chi connectivity index (χ2n) is 6.78. The molecule has 0 saturated carbocycles. The van der Waals surface area contributed by atoms with E-state index in [1.54, 1.807) is 30.9 Å². The maximum Gasteiger partial charge on any atom is 0.264 e. The Balaban J connectivity index is 1.48.